The maximum absolute atomic E-state index is 6.15. The number of fused-ring (bicyclic) bond motifs is 1. The van der Waals surface area contributed by atoms with E-state index in [0.29, 0.717) is 18.3 Å². The summed E-state index contributed by atoms with van der Waals surface area (Å²) in [7, 11) is 0. The maximum atomic E-state index is 6.15. The minimum Gasteiger partial charge on any atom is -0.364 e. The van der Waals surface area contributed by atoms with Crippen molar-refractivity contribution in [3.8, 4) is 11.1 Å². The third-order valence-electron chi connectivity index (χ3n) is 4.69. The molecule has 5 nitrogen and oxygen atoms in total. The molecule has 1 N–H and O–H groups in total. The van der Waals surface area contributed by atoms with Gasteiger partial charge in [-0.1, -0.05) is 44.2 Å². The Morgan fingerprint density at radius 1 is 1.07 bits per heavy atom. The zero-order chi connectivity index (χ0) is 18.8. The summed E-state index contributed by atoms with van der Waals surface area (Å²) in [6, 6.07) is 12.4. The molecule has 0 amide bonds. The zero-order valence-corrected chi connectivity index (χ0v) is 16.0. The number of halogens is 1. The quantitative estimate of drug-likeness (QED) is 0.616. The van der Waals surface area contributed by atoms with Crippen LogP contribution < -0.4 is 5.32 Å². The average Bonchev–Trinajstić information content (AvgIpc) is 3.11. The predicted molar refractivity (Wildman–Crippen MR) is 110 cm³/mol. The number of hydrogen-bond donors (Lipinski definition) is 1. The molecule has 0 radical (unpaired) electrons. The van der Waals surface area contributed by atoms with Crippen LogP contribution in [-0.2, 0) is 6.54 Å². The molecular formula is C21H20ClN5. The lowest BCUT2D eigenvalue weighted by molar-refractivity contribution is 0.605. The van der Waals surface area contributed by atoms with Gasteiger partial charge >= 0.3 is 0 Å². The number of aliphatic imine (C=N–C) groups is 1. The first-order chi connectivity index (χ1) is 13.1. The molecule has 27 heavy (non-hydrogen) atoms. The van der Waals surface area contributed by atoms with Gasteiger partial charge in [0.05, 0.1) is 5.69 Å². The van der Waals surface area contributed by atoms with Crippen LogP contribution in [0.1, 0.15) is 31.0 Å². The van der Waals surface area contributed by atoms with Gasteiger partial charge in [0.2, 0.25) is 5.28 Å². The average molecular weight is 378 g/mol. The van der Waals surface area contributed by atoms with E-state index in [9.17, 15) is 0 Å². The summed E-state index contributed by atoms with van der Waals surface area (Å²) in [4.78, 5) is 17.4. The van der Waals surface area contributed by atoms with Gasteiger partial charge in [0, 0.05) is 31.1 Å². The molecule has 3 heterocycles. The number of nitrogens with zero attached hydrogens (tertiary/aromatic N) is 4. The van der Waals surface area contributed by atoms with Crippen LogP contribution in [0.3, 0.4) is 0 Å². The second-order valence-electron chi connectivity index (χ2n) is 6.92. The van der Waals surface area contributed by atoms with Crippen molar-refractivity contribution in [3.63, 3.8) is 0 Å². The summed E-state index contributed by atoms with van der Waals surface area (Å²) in [5, 5.41) is 3.61. The SMILES string of the molecule is CC(C)C1C=Nc2c(NCc3ccc(-c4cccnc4)cc3)nc(Cl)nc21. The number of pyridine rings is 1. The Morgan fingerprint density at radius 3 is 2.59 bits per heavy atom. The van der Waals surface area contributed by atoms with Crippen molar-refractivity contribution in [2.45, 2.75) is 26.3 Å². The van der Waals surface area contributed by atoms with E-state index < -0.39 is 0 Å². The highest BCUT2D eigenvalue weighted by Crippen LogP contribution is 2.40. The van der Waals surface area contributed by atoms with Crippen LogP contribution in [0.5, 0.6) is 0 Å². The first-order valence-electron chi connectivity index (χ1n) is 8.96. The molecule has 136 valence electrons. The van der Waals surface area contributed by atoms with Gasteiger partial charge in [-0.05, 0) is 40.3 Å². The Balaban J connectivity index is 1.51. The summed E-state index contributed by atoms with van der Waals surface area (Å²) in [5.74, 6) is 1.27. The lowest BCUT2D eigenvalue weighted by Gasteiger charge is -2.14. The Labute approximate surface area is 163 Å². The number of hydrogen-bond acceptors (Lipinski definition) is 5. The van der Waals surface area contributed by atoms with E-state index in [-0.39, 0.29) is 11.2 Å². The normalized spacial score (nSPS) is 15.2. The van der Waals surface area contributed by atoms with Gasteiger partial charge in [-0.15, -0.1) is 0 Å². The monoisotopic (exact) mass is 377 g/mol. The number of rotatable bonds is 5. The highest BCUT2D eigenvalue weighted by molar-refractivity contribution is 6.28. The first-order valence-corrected chi connectivity index (χ1v) is 9.34. The molecule has 2 aromatic heterocycles. The number of aromatic nitrogens is 3. The van der Waals surface area contributed by atoms with Crippen LogP contribution >= 0.6 is 11.6 Å². The van der Waals surface area contributed by atoms with Crippen molar-refractivity contribution in [2.75, 3.05) is 5.32 Å². The minimum atomic E-state index is 0.180. The lowest BCUT2D eigenvalue weighted by atomic mass is 9.94. The van der Waals surface area contributed by atoms with Gasteiger partial charge < -0.3 is 5.32 Å². The molecule has 0 fully saturated rings. The molecule has 0 bridgehead atoms. The molecule has 1 atom stereocenters. The number of benzene rings is 1. The van der Waals surface area contributed by atoms with Crippen molar-refractivity contribution < 1.29 is 0 Å². The lowest BCUT2D eigenvalue weighted by Crippen LogP contribution is -2.09. The van der Waals surface area contributed by atoms with Gasteiger partial charge in [0.25, 0.3) is 0 Å². The smallest absolute Gasteiger partial charge is 0.224 e. The van der Waals surface area contributed by atoms with E-state index in [1.165, 1.54) is 0 Å². The summed E-state index contributed by atoms with van der Waals surface area (Å²) in [5.41, 5.74) is 5.09. The van der Waals surface area contributed by atoms with Gasteiger partial charge in [-0.2, -0.15) is 4.98 Å². The van der Waals surface area contributed by atoms with Gasteiger partial charge in [-0.25, -0.2) is 4.98 Å². The van der Waals surface area contributed by atoms with Crippen molar-refractivity contribution in [1.29, 1.82) is 0 Å². The van der Waals surface area contributed by atoms with E-state index in [4.69, 9.17) is 11.6 Å². The van der Waals surface area contributed by atoms with E-state index in [0.717, 1.165) is 28.1 Å². The van der Waals surface area contributed by atoms with Crippen LogP contribution in [-0.4, -0.2) is 21.2 Å². The molecule has 4 rings (SSSR count). The Hall–Kier alpha value is -2.79. The van der Waals surface area contributed by atoms with Crippen molar-refractivity contribution in [3.05, 3.63) is 65.3 Å². The van der Waals surface area contributed by atoms with Crippen LogP contribution in [0.2, 0.25) is 5.28 Å². The van der Waals surface area contributed by atoms with E-state index >= 15 is 0 Å². The number of anilines is 1. The fraction of sp³-hybridized carbons (Fsp3) is 0.238. The summed E-state index contributed by atoms with van der Waals surface area (Å²) in [6.07, 6.45) is 5.58. The fourth-order valence-electron chi connectivity index (χ4n) is 3.17. The third kappa shape index (κ3) is 3.69. The molecule has 1 unspecified atom stereocenters. The van der Waals surface area contributed by atoms with Gasteiger partial charge in [-0.3, -0.25) is 9.98 Å². The van der Waals surface area contributed by atoms with Crippen LogP contribution in [0.4, 0.5) is 11.5 Å². The molecule has 1 aliphatic heterocycles. The van der Waals surface area contributed by atoms with Crippen LogP contribution in [0.25, 0.3) is 11.1 Å². The predicted octanol–water partition coefficient (Wildman–Crippen LogP) is 5.26. The zero-order valence-electron chi connectivity index (χ0n) is 15.2. The van der Waals surface area contributed by atoms with E-state index in [2.05, 4.69) is 69.4 Å². The van der Waals surface area contributed by atoms with Crippen molar-refractivity contribution in [1.82, 2.24) is 15.0 Å². The molecule has 0 aliphatic carbocycles. The first kappa shape index (κ1) is 17.6. The fourth-order valence-corrected chi connectivity index (χ4v) is 3.35. The Bertz CT molecular complexity index is 968. The van der Waals surface area contributed by atoms with Crippen LogP contribution in [0, 0.1) is 5.92 Å². The summed E-state index contributed by atoms with van der Waals surface area (Å²) >= 11 is 6.15. The molecule has 0 saturated carbocycles. The Morgan fingerprint density at radius 2 is 1.89 bits per heavy atom. The van der Waals surface area contributed by atoms with Crippen LogP contribution in [0.15, 0.2) is 53.8 Å². The largest absolute Gasteiger partial charge is 0.364 e. The molecule has 0 spiro atoms. The second kappa shape index (κ2) is 7.45. The maximum Gasteiger partial charge on any atom is 0.224 e. The van der Waals surface area contributed by atoms with Gasteiger partial charge in [0.15, 0.2) is 5.82 Å². The molecule has 1 aliphatic rings. The second-order valence-corrected chi connectivity index (χ2v) is 7.25. The highest BCUT2D eigenvalue weighted by Gasteiger charge is 2.27. The Kier molecular flexibility index (Phi) is 4.86. The summed E-state index contributed by atoms with van der Waals surface area (Å²) < 4.78 is 0. The molecular weight excluding hydrogens is 358 g/mol. The third-order valence-corrected chi connectivity index (χ3v) is 4.86. The van der Waals surface area contributed by atoms with Gasteiger partial charge in [0.1, 0.15) is 5.69 Å². The molecule has 0 saturated heterocycles. The van der Waals surface area contributed by atoms with E-state index in [1.54, 1.807) is 6.20 Å². The topological polar surface area (TPSA) is 63.1 Å². The van der Waals surface area contributed by atoms with Crippen molar-refractivity contribution in [2.24, 2.45) is 10.9 Å². The minimum absolute atomic E-state index is 0.180. The molecule has 3 aromatic rings. The van der Waals surface area contributed by atoms with E-state index in [1.807, 2.05) is 18.5 Å². The highest BCUT2D eigenvalue weighted by atomic mass is 35.5. The number of nitrogens with one attached hydrogen (secondary N) is 1. The molecule has 6 heteroatoms. The molecule has 1 aromatic carbocycles. The summed E-state index contributed by atoms with van der Waals surface area (Å²) in [6.45, 7) is 4.94. The van der Waals surface area contributed by atoms with Crippen molar-refractivity contribution >= 4 is 29.3 Å². The standard InChI is InChI=1S/C21H20ClN5/c1-13(2)17-12-24-19-18(17)26-21(22)27-20(19)25-10-14-5-7-15(8-6-14)16-4-3-9-23-11-16/h3-9,11-13,17H,10H2,1-2H3,(H,25,26,27).